The van der Waals surface area contributed by atoms with Crippen molar-refractivity contribution in [2.24, 2.45) is 5.92 Å². The molecule has 0 fully saturated rings. The van der Waals surface area contributed by atoms with Crippen LogP contribution in [0, 0.1) is 5.92 Å². The maximum Gasteiger partial charge on any atom is 0.255 e. The molecule has 0 saturated heterocycles. The molecule has 0 aliphatic heterocycles. The first-order valence-electron chi connectivity index (χ1n) is 11.4. The van der Waals surface area contributed by atoms with Crippen molar-refractivity contribution in [2.75, 3.05) is 27.4 Å². The molecule has 1 aromatic heterocycles. The number of nitrogens with two attached hydrogens (primary N) is 2. The van der Waals surface area contributed by atoms with Gasteiger partial charge in [0, 0.05) is 24.1 Å². The van der Waals surface area contributed by atoms with E-state index < -0.39 is 0 Å². The Balaban J connectivity index is 1.19. The van der Waals surface area contributed by atoms with Crippen LogP contribution in [0.5, 0.6) is 0 Å². The highest BCUT2D eigenvalue weighted by Gasteiger charge is 2.28. The summed E-state index contributed by atoms with van der Waals surface area (Å²) in [5.74, 6) is 1.03. The fraction of sp³-hybridized carbons (Fsp3) is 0.154. The SMILES string of the molecule is Nc1nc(NCc2ccc(C(=O)Nc3ccccc3N)cc2)nc(NC2CC=C3C=CC=CC32)n1. The van der Waals surface area contributed by atoms with Gasteiger partial charge in [0.2, 0.25) is 17.8 Å². The number of nitrogen functional groups attached to an aromatic ring is 2. The third kappa shape index (κ3) is 5.14. The third-order valence-electron chi connectivity index (χ3n) is 5.99. The number of para-hydroxylation sites is 2. The van der Waals surface area contributed by atoms with Gasteiger partial charge in [-0.05, 0) is 41.8 Å². The van der Waals surface area contributed by atoms with E-state index in [1.54, 1.807) is 24.3 Å². The smallest absolute Gasteiger partial charge is 0.255 e. The molecule has 0 spiro atoms. The number of rotatable bonds is 7. The van der Waals surface area contributed by atoms with E-state index in [1.807, 2.05) is 30.3 Å². The van der Waals surface area contributed by atoms with Gasteiger partial charge in [0.25, 0.3) is 5.91 Å². The summed E-state index contributed by atoms with van der Waals surface area (Å²) in [5, 5.41) is 9.40. The molecular formula is C26H26N8O. The number of amides is 1. The number of carbonyl (C=O) groups is 1. The average Bonchev–Trinajstić information content (AvgIpc) is 3.27. The minimum atomic E-state index is -0.226. The number of nitrogens with zero attached hydrogens (tertiary/aromatic N) is 3. The lowest BCUT2D eigenvalue weighted by Crippen LogP contribution is -2.26. The van der Waals surface area contributed by atoms with Crippen LogP contribution in [-0.2, 0) is 6.54 Å². The number of hydrogen-bond donors (Lipinski definition) is 5. The van der Waals surface area contributed by atoms with Crippen molar-refractivity contribution in [3.05, 3.63) is 95.6 Å². The summed E-state index contributed by atoms with van der Waals surface area (Å²) in [5.41, 5.74) is 15.7. The van der Waals surface area contributed by atoms with Gasteiger partial charge >= 0.3 is 0 Å². The minimum Gasteiger partial charge on any atom is -0.397 e. The second kappa shape index (κ2) is 9.68. The van der Waals surface area contributed by atoms with Crippen LogP contribution >= 0.6 is 0 Å². The van der Waals surface area contributed by atoms with Crippen LogP contribution in [0.25, 0.3) is 0 Å². The Morgan fingerprint density at radius 2 is 1.77 bits per heavy atom. The first-order valence-corrected chi connectivity index (χ1v) is 11.4. The van der Waals surface area contributed by atoms with Crippen LogP contribution in [0.15, 0.2) is 84.5 Å². The van der Waals surface area contributed by atoms with Gasteiger partial charge in [-0.25, -0.2) is 0 Å². The second-order valence-corrected chi connectivity index (χ2v) is 8.39. The summed E-state index contributed by atoms with van der Waals surface area (Å²) < 4.78 is 0. The molecule has 2 unspecified atom stereocenters. The summed E-state index contributed by atoms with van der Waals surface area (Å²) in [4.78, 5) is 25.4. The van der Waals surface area contributed by atoms with Crippen molar-refractivity contribution < 1.29 is 4.79 Å². The minimum absolute atomic E-state index is 0.141. The Kier molecular flexibility index (Phi) is 6.13. The molecule has 2 aliphatic carbocycles. The summed E-state index contributed by atoms with van der Waals surface area (Å²) in [7, 11) is 0. The monoisotopic (exact) mass is 466 g/mol. The van der Waals surface area contributed by atoms with Gasteiger partial charge in [-0.1, -0.05) is 54.6 Å². The fourth-order valence-electron chi connectivity index (χ4n) is 4.16. The highest BCUT2D eigenvalue weighted by Crippen LogP contribution is 2.32. The lowest BCUT2D eigenvalue weighted by molar-refractivity contribution is 0.102. The van der Waals surface area contributed by atoms with Crippen molar-refractivity contribution in [1.29, 1.82) is 0 Å². The van der Waals surface area contributed by atoms with E-state index in [-0.39, 0.29) is 17.9 Å². The van der Waals surface area contributed by atoms with Gasteiger partial charge in [-0.2, -0.15) is 15.0 Å². The zero-order chi connectivity index (χ0) is 24.2. The van der Waals surface area contributed by atoms with Crippen LogP contribution in [-0.4, -0.2) is 26.9 Å². The largest absolute Gasteiger partial charge is 0.397 e. The molecule has 0 saturated carbocycles. The van der Waals surface area contributed by atoms with E-state index in [0.717, 1.165) is 12.0 Å². The molecule has 2 atom stereocenters. The van der Waals surface area contributed by atoms with Gasteiger partial charge < -0.3 is 27.4 Å². The number of carbonyl (C=O) groups excluding carboxylic acids is 1. The van der Waals surface area contributed by atoms with Crippen LogP contribution in [0.1, 0.15) is 22.3 Å². The number of allylic oxidation sites excluding steroid dienone is 3. The fourth-order valence-corrected chi connectivity index (χ4v) is 4.16. The molecule has 176 valence electrons. The third-order valence-corrected chi connectivity index (χ3v) is 5.99. The van der Waals surface area contributed by atoms with E-state index in [2.05, 4.69) is 55.2 Å². The second-order valence-electron chi connectivity index (χ2n) is 8.39. The number of nitrogens with one attached hydrogen (secondary N) is 3. The summed E-state index contributed by atoms with van der Waals surface area (Å²) in [6.07, 6.45) is 11.5. The van der Waals surface area contributed by atoms with E-state index in [9.17, 15) is 4.79 Å². The van der Waals surface area contributed by atoms with Gasteiger partial charge in [-0.15, -0.1) is 0 Å². The van der Waals surface area contributed by atoms with Crippen LogP contribution in [0.3, 0.4) is 0 Å². The molecule has 9 nitrogen and oxygen atoms in total. The molecule has 0 bridgehead atoms. The standard InChI is InChI=1S/C26H26N8O/c27-20-7-3-4-8-22(20)30-23(35)18-11-9-16(10-12-18)15-29-25-32-24(28)33-26(34-25)31-21-14-13-17-5-1-2-6-19(17)21/h1-13,19,21H,14-15,27H2,(H,30,35)(H4,28,29,31,32,33,34). The highest BCUT2D eigenvalue weighted by molar-refractivity contribution is 6.05. The summed E-state index contributed by atoms with van der Waals surface area (Å²) >= 11 is 0. The van der Waals surface area contributed by atoms with E-state index in [4.69, 9.17) is 11.5 Å². The number of hydrogen-bond acceptors (Lipinski definition) is 8. The van der Waals surface area contributed by atoms with Crippen molar-refractivity contribution in [1.82, 2.24) is 15.0 Å². The maximum atomic E-state index is 12.5. The number of anilines is 5. The quantitative estimate of drug-likeness (QED) is 0.331. The molecule has 2 aliphatic rings. The lowest BCUT2D eigenvalue weighted by Gasteiger charge is -2.21. The van der Waals surface area contributed by atoms with Crippen molar-refractivity contribution >= 4 is 35.1 Å². The molecule has 7 N–H and O–H groups in total. The highest BCUT2D eigenvalue weighted by atomic mass is 16.1. The Labute approximate surface area is 203 Å². The summed E-state index contributed by atoms with van der Waals surface area (Å²) in [6, 6.07) is 14.6. The predicted molar refractivity (Wildman–Crippen MR) is 139 cm³/mol. The first kappa shape index (κ1) is 22.1. The Morgan fingerprint density at radius 1 is 0.971 bits per heavy atom. The molecule has 1 heterocycles. The zero-order valence-corrected chi connectivity index (χ0v) is 19.0. The molecule has 9 heteroatoms. The van der Waals surface area contributed by atoms with Crippen molar-refractivity contribution in [2.45, 2.75) is 19.0 Å². The number of benzene rings is 2. The van der Waals surface area contributed by atoms with Gasteiger partial charge in [-0.3, -0.25) is 4.79 Å². The summed E-state index contributed by atoms with van der Waals surface area (Å²) in [6.45, 7) is 0.460. The molecule has 1 amide bonds. The predicted octanol–water partition coefficient (Wildman–Crippen LogP) is 3.75. The molecular weight excluding hydrogens is 440 g/mol. The topological polar surface area (TPSA) is 144 Å². The Hall–Kier alpha value is -4.66. The van der Waals surface area contributed by atoms with Crippen LogP contribution < -0.4 is 27.4 Å². The van der Waals surface area contributed by atoms with Crippen molar-refractivity contribution in [3.63, 3.8) is 0 Å². The number of aromatic nitrogens is 3. The molecule has 5 rings (SSSR count). The molecule has 2 aromatic carbocycles. The zero-order valence-electron chi connectivity index (χ0n) is 19.0. The molecule has 35 heavy (non-hydrogen) atoms. The van der Waals surface area contributed by atoms with E-state index >= 15 is 0 Å². The normalized spacial score (nSPS) is 18.0. The lowest BCUT2D eigenvalue weighted by atomic mass is 9.93. The van der Waals surface area contributed by atoms with Gasteiger partial charge in [0.15, 0.2) is 0 Å². The number of fused-ring (bicyclic) bond motifs is 1. The molecule has 3 aromatic rings. The Bertz CT molecular complexity index is 1330. The first-order chi connectivity index (χ1) is 17.0. The van der Waals surface area contributed by atoms with E-state index in [0.29, 0.717) is 41.3 Å². The van der Waals surface area contributed by atoms with Gasteiger partial charge in [0.1, 0.15) is 0 Å². The maximum absolute atomic E-state index is 12.5. The average molecular weight is 467 g/mol. The molecule has 0 radical (unpaired) electrons. The Morgan fingerprint density at radius 3 is 2.60 bits per heavy atom. The van der Waals surface area contributed by atoms with Gasteiger partial charge in [0.05, 0.1) is 11.4 Å². The van der Waals surface area contributed by atoms with Crippen LogP contribution in [0.2, 0.25) is 0 Å². The van der Waals surface area contributed by atoms with Crippen LogP contribution in [0.4, 0.5) is 29.2 Å². The van der Waals surface area contributed by atoms with E-state index in [1.165, 1.54) is 5.57 Å². The van der Waals surface area contributed by atoms with Crippen molar-refractivity contribution in [3.8, 4) is 0 Å².